The Balaban J connectivity index is 1.26. The van der Waals surface area contributed by atoms with Crippen molar-refractivity contribution in [1.29, 1.82) is 0 Å². The van der Waals surface area contributed by atoms with Crippen molar-refractivity contribution in [3.05, 3.63) is 107 Å². The number of carbonyl (C=O) groups excluding carboxylic acids is 1. The second-order valence-electron chi connectivity index (χ2n) is 9.01. The number of hydrogen-bond acceptors (Lipinski definition) is 2. The summed E-state index contributed by atoms with van der Waals surface area (Å²) in [4.78, 5) is 15.0. The van der Waals surface area contributed by atoms with E-state index < -0.39 is 0 Å². The van der Waals surface area contributed by atoms with Gasteiger partial charge in [-0.1, -0.05) is 90.5 Å². The summed E-state index contributed by atoms with van der Waals surface area (Å²) in [5.41, 5.74) is 5.06. The Morgan fingerprint density at radius 1 is 0.906 bits per heavy atom. The van der Waals surface area contributed by atoms with E-state index in [1.165, 1.54) is 16.7 Å². The van der Waals surface area contributed by atoms with Crippen LogP contribution in [0.15, 0.2) is 84.9 Å². The molecule has 0 aromatic heterocycles. The number of nitrogens with one attached hydrogen (secondary N) is 1. The van der Waals surface area contributed by atoms with Gasteiger partial charge in [-0.25, -0.2) is 0 Å². The maximum Gasteiger partial charge on any atom is 0.224 e. The molecule has 0 bridgehead atoms. The van der Waals surface area contributed by atoms with Gasteiger partial charge < -0.3 is 10.2 Å². The third-order valence-corrected chi connectivity index (χ3v) is 6.54. The van der Waals surface area contributed by atoms with E-state index in [2.05, 4.69) is 89.9 Å². The van der Waals surface area contributed by atoms with E-state index >= 15 is 0 Å². The largest absolute Gasteiger partial charge is 0.353 e. The summed E-state index contributed by atoms with van der Waals surface area (Å²) >= 11 is 0. The smallest absolute Gasteiger partial charge is 0.224 e. The van der Waals surface area contributed by atoms with Crippen LogP contribution in [0.1, 0.15) is 47.4 Å². The standard InChI is InChI=1S/C29H34N2O/c1-23-9-8-10-24(21-23)22-29(32)30-27-15-18-31(19-16-27)20-17-28(25-11-4-2-5-12-25)26-13-6-3-7-14-26/h2-14,21,27-28H,15-20,22H2,1H3,(H,30,32). The fourth-order valence-corrected chi connectivity index (χ4v) is 4.80. The lowest BCUT2D eigenvalue weighted by atomic mass is 9.88. The third kappa shape index (κ3) is 6.30. The van der Waals surface area contributed by atoms with Gasteiger partial charge in [0.05, 0.1) is 6.42 Å². The van der Waals surface area contributed by atoms with Gasteiger partial charge in [-0.05, 0) is 49.4 Å². The molecule has 4 rings (SSSR count). The van der Waals surface area contributed by atoms with Gasteiger partial charge in [-0.2, -0.15) is 0 Å². The minimum atomic E-state index is 0.141. The Morgan fingerprint density at radius 3 is 2.12 bits per heavy atom. The predicted octanol–water partition coefficient (Wildman–Crippen LogP) is 5.34. The minimum absolute atomic E-state index is 0.141. The van der Waals surface area contributed by atoms with Crippen molar-refractivity contribution < 1.29 is 4.79 Å². The molecule has 1 N–H and O–H groups in total. The fourth-order valence-electron chi connectivity index (χ4n) is 4.80. The molecule has 0 spiro atoms. The Labute approximate surface area is 192 Å². The van der Waals surface area contributed by atoms with Gasteiger partial charge >= 0.3 is 0 Å². The van der Waals surface area contributed by atoms with E-state index in [0.717, 1.165) is 44.5 Å². The number of hydrogen-bond donors (Lipinski definition) is 1. The quantitative estimate of drug-likeness (QED) is 0.527. The van der Waals surface area contributed by atoms with Crippen LogP contribution in [0.5, 0.6) is 0 Å². The van der Waals surface area contributed by atoms with Crippen molar-refractivity contribution in [3.63, 3.8) is 0 Å². The van der Waals surface area contributed by atoms with Crippen LogP contribution in [0, 0.1) is 6.92 Å². The first-order valence-electron chi connectivity index (χ1n) is 11.8. The van der Waals surface area contributed by atoms with Gasteiger partial charge in [0.25, 0.3) is 0 Å². The number of piperidine rings is 1. The summed E-state index contributed by atoms with van der Waals surface area (Å²) in [7, 11) is 0. The molecular weight excluding hydrogens is 392 g/mol. The molecule has 1 aliphatic rings. The van der Waals surface area contributed by atoms with Crippen LogP contribution >= 0.6 is 0 Å². The lowest BCUT2D eigenvalue weighted by Crippen LogP contribution is -2.45. The summed E-state index contributed by atoms with van der Waals surface area (Å²) in [5.74, 6) is 0.562. The molecule has 1 saturated heterocycles. The fraction of sp³-hybridized carbons (Fsp3) is 0.345. The molecule has 166 valence electrons. The summed E-state index contributed by atoms with van der Waals surface area (Å²) in [5, 5.41) is 3.26. The van der Waals surface area contributed by atoms with Gasteiger partial charge in [0.2, 0.25) is 5.91 Å². The molecule has 32 heavy (non-hydrogen) atoms. The van der Waals surface area contributed by atoms with Crippen molar-refractivity contribution in [1.82, 2.24) is 10.2 Å². The number of carbonyl (C=O) groups is 1. The number of nitrogens with zero attached hydrogens (tertiary/aromatic N) is 1. The van der Waals surface area contributed by atoms with Crippen LogP contribution in [-0.4, -0.2) is 36.5 Å². The minimum Gasteiger partial charge on any atom is -0.353 e. The van der Waals surface area contributed by atoms with Crippen molar-refractivity contribution in [2.45, 2.75) is 44.6 Å². The summed E-state index contributed by atoms with van der Waals surface area (Å²) in [6.45, 7) is 5.24. The zero-order valence-corrected chi connectivity index (χ0v) is 19.0. The molecule has 3 nitrogen and oxygen atoms in total. The first-order chi connectivity index (χ1) is 15.7. The van der Waals surface area contributed by atoms with Crippen molar-refractivity contribution in [2.75, 3.05) is 19.6 Å². The van der Waals surface area contributed by atoms with Crippen LogP contribution in [0.25, 0.3) is 0 Å². The monoisotopic (exact) mass is 426 g/mol. The average Bonchev–Trinajstić information content (AvgIpc) is 2.82. The normalized spacial score (nSPS) is 15.1. The van der Waals surface area contributed by atoms with Crippen LogP contribution in [-0.2, 0) is 11.2 Å². The van der Waals surface area contributed by atoms with Gasteiger partial charge in [-0.3, -0.25) is 4.79 Å². The molecule has 1 fully saturated rings. The zero-order valence-electron chi connectivity index (χ0n) is 19.0. The zero-order chi connectivity index (χ0) is 22.2. The predicted molar refractivity (Wildman–Crippen MR) is 132 cm³/mol. The van der Waals surface area contributed by atoms with Crippen LogP contribution in [0.2, 0.25) is 0 Å². The average molecular weight is 427 g/mol. The van der Waals surface area contributed by atoms with E-state index in [0.29, 0.717) is 18.4 Å². The van der Waals surface area contributed by atoms with E-state index in [1.54, 1.807) is 0 Å². The number of aryl methyl sites for hydroxylation is 1. The van der Waals surface area contributed by atoms with Gasteiger partial charge in [0, 0.05) is 25.0 Å². The summed E-state index contributed by atoms with van der Waals surface area (Å²) < 4.78 is 0. The molecule has 1 heterocycles. The van der Waals surface area contributed by atoms with E-state index in [1.807, 2.05) is 12.1 Å². The van der Waals surface area contributed by atoms with Gasteiger partial charge in [-0.15, -0.1) is 0 Å². The molecule has 1 amide bonds. The van der Waals surface area contributed by atoms with E-state index in [-0.39, 0.29) is 5.91 Å². The molecule has 0 atom stereocenters. The van der Waals surface area contributed by atoms with Crippen molar-refractivity contribution in [3.8, 4) is 0 Å². The number of benzene rings is 3. The number of amides is 1. The highest BCUT2D eigenvalue weighted by molar-refractivity contribution is 5.78. The highest BCUT2D eigenvalue weighted by atomic mass is 16.1. The second-order valence-corrected chi connectivity index (χ2v) is 9.01. The topological polar surface area (TPSA) is 32.3 Å². The van der Waals surface area contributed by atoms with E-state index in [9.17, 15) is 4.79 Å². The highest BCUT2D eigenvalue weighted by Crippen LogP contribution is 2.28. The molecule has 3 aromatic rings. The Bertz CT molecular complexity index is 939. The Morgan fingerprint density at radius 2 is 1.53 bits per heavy atom. The molecule has 0 radical (unpaired) electrons. The highest BCUT2D eigenvalue weighted by Gasteiger charge is 2.22. The van der Waals surface area contributed by atoms with Crippen LogP contribution < -0.4 is 5.32 Å². The molecule has 0 unspecified atom stereocenters. The summed E-state index contributed by atoms with van der Waals surface area (Å²) in [6.07, 6.45) is 3.64. The Kier molecular flexibility index (Phi) is 7.73. The van der Waals surface area contributed by atoms with Crippen molar-refractivity contribution >= 4 is 5.91 Å². The lowest BCUT2D eigenvalue weighted by Gasteiger charge is -2.33. The van der Waals surface area contributed by atoms with Gasteiger partial charge in [0.15, 0.2) is 0 Å². The molecule has 1 aliphatic heterocycles. The Hall–Kier alpha value is -2.91. The molecule has 0 saturated carbocycles. The van der Waals surface area contributed by atoms with Crippen LogP contribution in [0.3, 0.4) is 0 Å². The third-order valence-electron chi connectivity index (χ3n) is 6.54. The molecule has 3 aromatic carbocycles. The first kappa shape index (κ1) is 22.3. The molecular formula is C29H34N2O. The van der Waals surface area contributed by atoms with Gasteiger partial charge in [0.1, 0.15) is 0 Å². The molecule has 0 aliphatic carbocycles. The number of rotatable bonds is 8. The number of likely N-dealkylation sites (tertiary alicyclic amines) is 1. The lowest BCUT2D eigenvalue weighted by molar-refractivity contribution is -0.121. The van der Waals surface area contributed by atoms with E-state index in [4.69, 9.17) is 0 Å². The first-order valence-corrected chi connectivity index (χ1v) is 11.8. The molecule has 3 heteroatoms. The summed E-state index contributed by atoms with van der Waals surface area (Å²) in [6, 6.07) is 30.2. The van der Waals surface area contributed by atoms with Crippen molar-refractivity contribution in [2.24, 2.45) is 0 Å². The SMILES string of the molecule is Cc1cccc(CC(=O)NC2CCN(CCC(c3ccccc3)c3ccccc3)CC2)c1. The maximum absolute atomic E-state index is 12.5. The van der Waals surface area contributed by atoms with Crippen LogP contribution in [0.4, 0.5) is 0 Å². The second kappa shape index (κ2) is 11.1. The maximum atomic E-state index is 12.5.